The molecule has 2 saturated heterocycles. The monoisotopic (exact) mass is 394 g/mol. The van der Waals surface area contributed by atoms with Gasteiger partial charge in [0.2, 0.25) is 0 Å². The molecule has 2 fully saturated rings. The van der Waals surface area contributed by atoms with Gasteiger partial charge in [0.15, 0.2) is 15.0 Å². The highest BCUT2D eigenvalue weighted by Crippen LogP contribution is 2.43. The fourth-order valence-corrected chi connectivity index (χ4v) is 7.33. The molecule has 0 spiro atoms. The van der Waals surface area contributed by atoms with E-state index in [-0.39, 0.29) is 34.6 Å². The van der Waals surface area contributed by atoms with Crippen LogP contribution in [0.1, 0.15) is 45.6 Å². The van der Waals surface area contributed by atoms with Crippen molar-refractivity contribution in [2.24, 2.45) is 10.9 Å². The standard InChI is InChI=1S/C19H26N2O3S2/c1-5-13(4)18(22)20-19-21(15-9-7-6-8-14(15)12(2)3)16-10-26(23,24)11-17(16)25-19/h6-9,12-13,16-17H,5,10-11H2,1-4H3/t13-,16+,17+/m1/s1. The van der Waals surface area contributed by atoms with Crippen molar-refractivity contribution in [2.45, 2.75) is 51.3 Å². The lowest BCUT2D eigenvalue weighted by molar-refractivity contribution is -0.121. The van der Waals surface area contributed by atoms with Crippen LogP contribution in [0.4, 0.5) is 5.69 Å². The number of carbonyl (C=O) groups is 1. The summed E-state index contributed by atoms with van der Waals surface area (Å²) in [6.45, 7) is 8.08. The zero-order valence-corrected chi connectivity index (χ0v) is 17.3. The van der Waals surface area contributed by atoms with E-state index in [1.165, 1.54) is 11.8 Å². The average molecular weight is 395 g/mol. The first-order valence-corrected chi connectivity index (χ1v) is 11.8. The third kappa shape index (κ3) is 3.69. The van der Waals surface area contributed by atoms with Gasteiger partial charge in [-0.25, -0.2) is 8.42 Å². The van der Waals surface area contributed by atoms with Gasteiger partial charge in [0.1, 0.15) is 0 Å². The molecule has 0 N–H and O–H groups in total. The van der Waals surface area contributed by atoms with Crippen LogP contribution >= 0.6 is 11.8 Å². The van der Waals surface area contributed by atoms with Gasteiger partial charge in [0.25, 0.3) is 5.91 Å². The Morgan fingerprint density at radius 3 is 2.62 bits per heavy atom. The van der Waals surface area contributed by atoms with Gasteiger partial charge in [-0.3, -0.25) is 4.79 Å². The van der Waals surface area contributed by atoms with E-state index in [0.29, 0.717) is 11.1 Å². The summed E-state index contributed by atoms with van der Waals surface area (Å²) in [4.78, 5) is 18.8. The summed E-state index contributed by atoms with van der Waals surface area (Å²) in [7, 11) is -3.05. The highest BCUT2D eigenvalue weighted by atomic mass is 32.2. The quantitative estimate of drug-likeness (QED) is 0.782. The molecular weight excluding hydrogens is 368 g/mol. The highest BCUT2D eigenvalue weighted by Gasteiger charge is 2.49. The summed E-state index contributed by atoms with van der Waals surface area (Å²) >= 11 is 1.44. The third-order valence-corrected chi connectivity index (χ3v) is 8.33. The van der Waals surface area contributed by atoms with Crippen LogP contribution in [0.15, 0.2) is 29.3 Å². The van der Waals surface area contributed by atoms with Crippen molar-refractivity contribution in [1.82, 2.24) is 0 Å². The van der Waals surface area contributed by atoms with Crippen molar-refractivity contribution in [1.29, 1.82) is 0 Å². The molecule has 2 aliphatic rings. The first kappa shape index (κ1) is 19.4. The Morgan fingerprint density at radius 2 is 1.96 bits per heavy atom. The molecule has 1 aromatic carbocycles. The normalized spacial score (nSPS) is 27.1. The SMILES string of the molecule is CC[C@@H](C)C(=O)N=C1S[C@H]2CS(=O)(=O)C[C@@H]2N1c1ccccc1C(C)C. The molecule has 1 amide bonds. The first-order chi connectivity index (χ1) is 12.2. The average Bonchev–Trinajstić information content (AvgIpc) is 3.04. The van der Waals surface area contributed by atoms with E-state index >= 15 is 0 Å². The predicted octanol–water partition coefficient (Wildman–Crippen LogP) is 3.46. The minimum absolute atomic E-state index is 0.0660. The Hall–Kier alpha value is -1.34. The third-order valence-electron chi connectivity index (χ3n) is 5.12. The van der Waals surface area contributed by atoms with Crippen LogP contribution in [0.3, 0.4) is 0 Å². The van der Waals surface area contributed by atoms with Crippen molar-refractivity contribution in [3.63, 3.8) is 0 Å². The molecule has 0 aromatic heterocycles. The lowest BCUT2D eigenvalue weighted by Gasteiger charge is -2.28. The van der Waals surface area contributed by atoms with Gasteiger partial charge in [-0.1, -0.05) is 57.7 Å². The van der Waals surface area contributed by atoms with E-state index in [4.69, 9.17) is 0 Å². The molecule has 26 heavy (non-hydrogen) atoms. The molecule has 0 unspecified atom stereocenters. The van der Waals surface area contributed by atoms with Crippen LogP contribution in [0.25, 0.3) is 0 Å². The van der Waals surface area contributed by atoms with Crippen LogP contribution in [0, 0.1) is 5.92 Å². The zero-order valence-electron chi connectivity index (χ0n) is 15.7. The molecule has 0 saturated carbocycles. The minimum atomic E-state index is -3.05. The molecule has 3 rings (SSSR count). The van der Waals surface area contributed by atoms with E-state index in [1.54, 1.807) is 0 Å². The maximum absolute atomic E-state index is 12.4. The molecule has 3 atom stereocenters. The van der Waals surface area contributed by atoms with Gasteiger partial charge < -0.3 is 4.90 Å². The van der Waals surface area contributed by atoms with Crippen molar-refractivity contribution < 1.29 is 13.2 Å². The van der Waals surface area contributed by atoms with Crippen LogP contribution < -0.4 is 4.90 Å². The van der Waals surface area contributed by atoms with E-state index in [9.17, 15) is 13.2 Å². The largest absolute Gasteiger partial charge is 0.315 e. The highest BCUT2D eigenvalue weighted by molar-refractivity contribution is 8.16. The van der Waals surface area contributed by atoms with Crippen LogP contribution in [-0.2, 0) is 14.6 Å². The van der Waals surface area contributed by atoms with E-state index in [1.807, 2.05) is 36.9 Å². The summed E-state index contributed by atoms with van der Waals surface area (Å²) in [5, 5.41) is 0.581. The summed E-state index contributed by atoms with van der Waals surface area (Å²) in [6, 6.07) is 7.86. The number of amidine groups is 1. The van der Waals surface area contributed by atoms with Crippen molar-refractivity contribution >= 4 is 38.4 Å². The second kappa shape index (κ2) is 7.35. The van der Waals surface area contributed by atoms with E-state index in [2.05, 4.69) is 24.9 Å². The number of aliphatic imine (C=N–C) groups is 1. The summed E-state index contributed by atoms with van der Waals surface area (Å²) in [6.07, 6.45) is 0.740. The van der Waals surface area contributed by atoms with Gasteiger partial charge in [-0.05, 0) is 24.0 Å². The van der Waals surface area contributed by atoms with Crippen molar-refractivity contribution in [3.05, 3.63) is 29.8 Å². The number of hydrogen-bond acceptors (Lipinski definition) is 4. The van der Waals surface area contributed by atoms with Gasteiger partial charge >= 0.3 is 0 Å². The molecule has 0 radical (unpaired) electrons. The maximum Gasteiger partial charge on any atom is 0.250 e. The molecule has 7 heteroatoms. The number of nitrogens with zero attached hydrogens (tertiary/aromatic N) is 2. The lowest BCUT2D eigenvalue weighted by atomic mass is 9.99. The van der Waals surface area contributed by atoms with E-state index in [0.717, 1.165) is 17.7 Å². The number of amides is 1. The van der Waals surface area contributed by atoms with Crippen LogP contribution in [0.2, 0.25) is 0 Å². The molecule has 0 bridgehead atoms. The van der Waals surface area contributed by atoms with Crippen LogP contribution in [-0.4, -0.2) is 42.3 Å². The number of benzene rings is 1. The molecule has 0 aliphatic carbocycles. The number of sulfone groups is 1. The summed E-state index contributed by atoms with van der Waals surface area (Å²) in [5.41, 5.74) is 2.11. The number of anilines is 1. The fourth-order valence-electron chi connectivity index (χ4n) is 3.42. The number of thioether (sulfide) groups is 1. The number of rotatable bonds is 4. The summed E-state index contributed by atoms with van der Waals surface area (Å²) in [5.74, 6) is 0.298. The van der Waals surface area contributed by atoms with Gasteiger partial charge in [-0.2, -0.15) is 4.99 Å². The lowest BCUT2D eigenvalue weighted by Crippen LogP contribution is -2.38. The number of para-hydroxylation sites is 1. The second-order valence-corrected chi connectivity index (χ2v) is 10.8. The fraction of sp³-hybridized carbons (Fsp3) is 0.579. The van der Waals surface area contributed by atoms with Gasteiger partial charge in [0, 0.05) is 16.9 Å². The zero-order chi connectivity index (χ0) is 19.1. The van der Waals surface area contributed by atoms with E-state index < -0.39 is 9.84 Å². The molecular formula is C19H26N2O3S2. The van der Waals surface area contributed by atoms with Gasteiger partial charge in [-0.15, -0.1) is 0 Å². The molecule has 1 aromatic rings. The molecule has 2 heterocycles. The topological polar surface area (TPSA) is 66.8 Å². The number of hydrogen-bond donors (Lipinski definition) is 0. The Morgan fingerprint density at radius 1 is 1.27 bits per heavy atom. The molecule has 2 aliphatic heterocycles. The Labute approximate surface area is 160 Å². The maximum atomic E-state index is 12.4. The first-order valence-electron chi connectivity index (χ1n) is 9.11. The Bertz CT molecular complexity index is 833. The Kier molecular flexibility index (Phi) is 5.49. The van der Waals surface area contributed by atoms with Gasteiger partial charge in [0.05, 0.1) is 17.5 Å². The van der Waals surface area contributed by atoms with Crippen molar-refractivity contribution in [3.8, 4) is 0 Å². The van der Waals surface area contributed by atoms with Crippen LogP contribution in [0.5, 0.6) is 0 Å². The smallest absolute Gasteiger partial charge is 0.250 e. The molecule has 142 valence electrons. The number of fused-ring (bicyclic) bond motifs is 1. The second-order valence-electron chi connectivity index (χ2n) is 7.43. The predicted molar refractivity (Wildman–Crippen MR) is 109 cm³/mol. The minimum Gasteiger partial charge on any atom is -0.315 e. The molecule has 5 nitrogen and oxygen atoms in total. The van der Waals surface area contributed by atoms with Crippen molar-refractivity contribution in [2.75, 3.05) is 16.4 Å². The number of carbonyl (C=O) groups excluding carboxylic acids is 1. The summed E-state index contributed by atoms with van der Waals surface area (Å²) < 4.78 is 24.4. The Balaban J connectivity index is 2.07.